The van der Waals surface area contributed by atoms with Gasteiger partial charge in [0, 0.05) is 101 Å². The molecule has 7 N–H and O–H groups in total. The van der Waals surface area contributed by atoms with Gasteiger partial charge in [-0.1, -0.05) is 27.5 Å². The number of aromatic amines is 3. The number of anilines is 4. The summed E-state index contributed by atoms with van der Waals surface area (Å²) in [7, 11) is 0. The highest BCUT2D eigenvalue weighted by Crippen LogP contribution is 2.47. The molecular formula is C95H117BrCl3N11O21S8. The number of aromatic nitrogens is 7. The number of fused-ring (bicyclic) bond motifs is 4. The van der Waals surface area contributed by atoms with E-state index in [9.17, 15) is 57.8 Å². The van der Waals surface area contributed by atoms with E-state index in [0.29, 0.717) is 72.2 Å². The molecule has 0 bridgehead atoms. The number of carbonyl (C=O) groups excluding carboxylic acids is 10. The molecule has 1 aliphatic rings. The third-order valence-corrected chi connectivity index (χ3v) is 25.7. The van der Waals surface area contributed by atoms with Gasteiger partial charge in [0.05, 0.1) is 37.1 Å². The number of nitrogens with zero attached hydrogens (tertiary/aromatic N) is 6. The van der Waals surface area contributed by atoms with Crippen LogP contribution >= 0.6 is 141 Å². The Kier molecular flexibility index (Phi) is 47.6. The first kappa shape index (κ1) is 119. The van der Waals surface area contributed by atoms with E-state index in [0.717, 1.165) is 67.7 Å². The Labute approximate surface area is 862 Å². The van der Waals surface area contributed by atoms with Crippen LogP contribution in [0.1, 0.15) is 214 Å². The van der Waals surface area contributed by atoms with Gasteiger partial charge in [-0.2, -0.15) is 0 Å². The van der Waals surface area contributed by atoms with Gasteiger partial charge >= 0.3 is 54.2 Å². The molecule has 14 heterocycles. The van der Waals surface area contributed by atoms with Crippen molar-refractivity contribution < 1.29 is 101 Å². The lowest BCUT2D eigenvalue weighted by atomic mass is 10.1. The highest BCUT2D eigenvalue weighted by molar-refractivity contribution is 9.09. The summed E-state index contributed by atoms with van der Waals surface area (Å²) >= 11 is 31.5. The molecule has 4 amide bonds. The van der Waals surface area contributed by atoms with Gasteiger partial charge in [0.15, 0.2) is 18.6 Å². The van der Waals surface area contributed by atoms with Crippen LogP contribution in [-0.4, -0.2) is 179 Å². The van der Waals surface area contributed by atoms with Crippen LogP contribution in [0.3, 0.4) is 0 Å². The normalized spacial score (nSPS) is 12.2. The molecule has 0 aliphatic carbocycles. The maximum atomic E-state index is 12.5. The van der Waals surface area contributed by atoms with E-state index in [-0.39, 0.29) is 42.3 Å². The third kappa shape index (κ3) is 40.9. The van der Waals surface area contributed by atoms with Crippen LogP contribution in [-0.2, 0) is 52.3 Å². The van der Waals surface area contributed by atoms with Crippen molar-refractivity contribution in [2.45, 2.75) is 215 Å². The van der Waals surface area contributed by atoms with Crippen LogP contribution in [0, 0.1) is 69.2 Å². The number of carbonyl (C=O) groups is 11. The molecule has 2 unspecified atom stereocenters. The average Bonchev–Trinajstić information content (AvgIpc) is 1.59. The van der Waals surface area contributed by atoms with Gasteiger partial charge in [-0.3, -0.25) is 39.6 Å². The fourth-order valence-corrected chi connectivity index (χ4v) is 19.5. The van der Waals surface area contributed by atoms with Crippen LogP contribution in [0.2, 0.25) is 15.7 Å². The SMILES string of the molecule is CCOC(=O)C1C(O)c2cc(C)sc2N1C(=O)OC(C)(C)C.CCOC(=O)CBr.CCOC(=O)CN(C(=O)OC(C)(C)C)c1sc(C)cc1C=O.CCOC(=O)c1cc2cc(C)sc2[nH]1.Cc1cc(C=O)c(NC(=O)OC(C)(C)C)s1.Cc1cc2c(-c3ccnc(Cl)n3)c(C)[nH]c2s1.Cc1cc2cc(C)sc2[nH]1.Cc1ccc(C(=O)O)s1.Cc1ccc(NC(=O)OC(C)(C)C)s1.Clc1ccnc(Cl)n1. The van der Waals surface area contributed by atoms with Crippen LogP contribution in [0.25, 0.3) is 41.9 Å². The van der Waals surface area contributed by atoms with Crippen LogP contribution in [0.4, 0.5) is 39.2 Å². The van der Waals surface area contributed by atoms with Crippen LogP contribution in [0.5, 0.6) is 0 Å². The molecule has 1 aliphatic heterocycles. The number of aryl methyl sites for hydroxylation is 10. The largest absolute Gasteiger partial charge is 0.477 e. The van der Waals surface area contributed by atoms with Crippen LogP contribution in [0.15, 0.2) is 97.3 Å². The maximum absolute atomic E-state index is 12.5. The smallest absolute Gasteiger partial charge is 0.416 e. The van der Waals surface area contributed by atoms with Crippen molar-refractivity contribution in [3.8, 4) is 11.3 Å². The Morgan fingerprint density at radius 3 is 1.50 bits per heavy atom. The zero-order valence-electron chi connectivity index (χ0n) is 81.9. The fraction of sp³-hybridized carbons (Fsp3) is 0.400. The van der Waals surface area contributed by atoms with E-state index in [1.807, 2.05) is 105 Å². The second-order valence-electron chi connectivity index (χ2n) is 33.5. The summed E-state index contributed by atoms with van der Waals surface area (Å²) in [4.78, 5) is 165. The van der Waals surface area contributed by atoms with E-state index in [4.69, 9.17) is 73.1 Å². The number of aliphatic hydroxyl groups excluding tert-OH is 1. The number of aromatic carboxylic acids is 1. The number of carboxylic acid groups (broad SMARTS) is 1. The number of amides is 4. The Morgan fingerprint density at radius 1 is 0.518 bits per heavy atom. The molecule has 0 aromatic carbocycles. The molecule has 0 fully saturated rings. The second kappa shape index (κ2) is 55.6. The van der Waals surface area contributed by atoms with Crippen molar-refractivity contribution in [3.63, 3.8) is 0 Å². The molecule has 2 atom stereocenters. The minimum absolute atomic E-state index is 0.177. The minimum atomic E-state index is -1.11. The lowest BCUT2D eigenvalue weighted by Crippen LogP contribution is -2.47. The molecule has 139 heavy (non-hydrogen) atoms. The summed E-state index contributed by atoms with van der Waals surface area (Å²) in [5.41, 5.74) is 3.87. The highest BCUT2D eigenvalue weighted by Gasteiger charge is 2.49. The van der Waals surface area contributed by atoms with Gasteiger partial charge in [0.25, 0.3) is 0 Å². The lowest BCUT2D eigenvalue weighted by Gasteiger charge is -2.28. The number of H-pyrrole nitrogens is 3. The zero-order valence-corrected chi connectivity index (χ0v) is 92.3. The van der Waals surface area contributed by atoms with E-state index in [1.165, 1.54) is 109 Å². The highest BCUT2D eigenvalue weighted by atomic mass is 79.9. The van der Waals surface area contributed by atoms with E-state index >= 15 is 0 Å². The number of hydrogen-bond acceptors (Lipinski definition) is 32. The molecule has 0 radical (unpaired) electrons. The number of aliphatic hydroxyl groups is 1. The molecular weight excluding hydrogens is 2070 g/mol. The van der Waals surface area contributed by atoms with Gasteiger partial charge in [0.1, 0.15) is 85.6 Å². The summed E-state index contributed by atoms with van der Waals surface area (Å²) in [6.07, 6.45) is 1.15. The molecule has 14 rings (SSSR count). The predicted molar refractivity (Wildman–Crippen MR) is 564 cm³/mol. The maximum Gasteiger partial charge on any atom is 0.416 e. The first-order valence-corrected chi connectivity index (χ1v) is 51.6. The van der Waals surface area contributed by atoms with Gasteiger partial charge in [-0.25, -0.2) is 53.5 Å². The fourth-order valence-electron chi connectivity index (χ4n) is 11.7. The number of hydrogen-bond donors (Lipinski definition) is 7. The molecule has 44 heteroatoms. The first-order chi connectivity index (χ1) is 64.9. The first-order valence-electron chi connectivity index (χ1n) is 42.8. The van der Waals surface area contributed by atoms with E-state index < -0.39 is 76.8 Å². The van der Waals surface area contributed by atoms with Crippen molar-refractivity contribution >= 4 is 259 Å². The Balaban J connectivity index is 0.000000277. The molecule has 32 nitrogen and oxygen atoms in total. The number of carboxylic acids is 1. The van der Waals surface area contributed by atoms with Crippen molar-refractivity contribution in [1.82, 2.24) is 34.9 Å². The summed E-state index contributed by atoms with van der Waals surface area (Å²) in [5, 5.41) is 31.1. The summed E-state index contributed by atoms with van der Waals surface area (Å²) < 4.78 is 40.2. The Hall–Kier alpha value is -10.5. The van der Waals surface area contributed by atoms with Gasteiger partial charge in [0.2, 0.25) is 10.6 Å². The molecule has 13 aromatic rings. The Bertz CT molecular complexity index is 6170. The summed E-state index contributed by atoms with van der Waals surface area (Å²) in [5.74, 6) is -2.53. The summed E-state index contributed by atoms with van der Waals surface area (Å²) in [6.45, 7) is 49.1. The predicted octanol–water partition coefficient (Wildman–Crippen LogP) is 26.6. The molecule has 0 saturated heterocycles. The number of rotatable bonds is 16. The zero-order chi connectivity index (χ0) is 104. The average molecular weight is 2190 g/mol. The number of aldehydes is 2. The molecule has 13 aromatic heterocycles. The molecule has 0 spiro atoms. The van der Waals surface area contributed by atoms with Crippen molar-refractivity contribution in [1.29, 1.82) is 0 Å². The monoisotopic (exact) mass is 2190 g/mol. The summed E-state index contributed by atoms with van der Waals surface area (Å²) in [6, 6.07) is 25.2. The Morgan fingerprint density at radius 2 is 1.02 bits per heavy atom. The van der Waals surface area contributed by atoms with Crippen molar-refractivity contribution in [2.24, 2.45) is 0 Å². The van der Waals surface area contributed by atoms with Crippen LogP contribution < -0.4 is 20.4 Å². The van der Waals surface area contributed by atoms with Crippen molar-refractivity contribution in [2.75, 3.05) is 58.7 Å². The van der Waals surface area contributed by atoms with Gasteiger partial charge in [-0.15, -0.1) is 90.7 Å². The van der Waals surface area contributed by atoms with E-state index in [1.54, 1.807) is 155 Å². The number of alkyl halides is 1. The number of halogens is 4. The quantitative estimate of drug-likeness (QED) is 0.0118. The lowest BCUT2D eigenvalue weighted by molar-refractivity contribution is -0.147. The molecule has 0 saturated carbocycles. The standard InChI is InChI=1S/2C15H21NO5S.C12H10ClN3S.C11H15NO3S.C10H11NO2S.C10H15NO2S.C8H9NS.C6H6O2S.C4H7BrO2.C4H2Cl2N2/c1-6-20-13(18)10-11(17)9-7-8(2)22-12(9)16(10)14(19)21-15(3,4)5;1-6-20-12(18)8-16(14(19)21-15(3,4)5)13-11(9-17)7-10(2)22-13;1-6-5-8-10(7(2)15-11(8)17-6)9-3-4-14-12(13)16-9;1-7-5-8(6-13)9(16-7)12-10(14)15-11(2,3)4;1-3-13-10(12)8-5-7-4-6(2)14-9(7)11-8;1-7-5-6-8(14-7)11-9(12)13-10(2,3)4;1-5-3-7-4-6(2)10-8(7)9-5;1-4-2-3-5(9-4)6(7)8;1-2-7-4(6)3-5;5-3-1-2-7-4(6)8-3/h7,10-11,17H,6H2,1-5H3;7,9H,6,8H2,1-5H3;3-5,15H,1-2H3;5-6H,1-4H3,(H,12,14);4-5,11H,3H2,1-2H3;5-6H,1-4H3,(H,11,12);3-4,9H,1-2H3;2-3H,1H3,(H,7,8);2-3H2,1H3;1-2H. The van der Waals surface area contributed by atoms with Gasteiger partial charge < -0.3 is 63.1 Å². The third-order valence-electron chi connectivity index (χ3n) is 16.7. The molecule has 754 valence electrons. The van der Waals surface area contributed by atoms with Gasteiger partial charge in [-0.05, 0) is 288 Å². The topological polar surface area (TPSA) is 432 Å². The van der Waals surface area contributed by atoms with E-state index in [2.05, 4.69) is 111 Å². The minimum Gasteiger partial charge on any atom is -0.477 e. The second-order valence-corrected chi connectivity index (χ2v) is 45.2. The number of nitrogens with one attached hydrogen (secondary N) is 5. The number of thiophene rings is 8. The number of esters is 4. The number of ether oxygens (including phenoxy) is 8. The van der Waals surface area contributed by atoms with Crippen molar-refractivity contribution in [3.05, 3.63) is 191 Å².